The molecular weight excluding hydrogens is 382 g/mol. The smallest absolute Gasteiger partial charge is 0.257 e. The van der Waals surface area contributed by atoms with Gasteiger partial charge in [-0.3, -0.25) is 4.79 Å². The number of ether oxygens (including phenoxy) is 1. The largest absolute Gasteiger partial charge is 0.484 e. The van der Waals surface area contributed by atoms with Crippen molar-refractivity contribution in [3.05, 3.63) is 46.1 Å². The number of amides is 1. The first-order valence-corrected chi connectivity index (χ1v) is 8.29. The van der Waals surface area contributed by atoms with E-state index in [0.29, 0.717) is 23.2 Å². The first-order chi connectivity index (χ1) is 11.1. The van der Waals surface area contributed by atoms with Crippen LogP contribution in [0.4, 0.5) is 5.69 Å². The molecular formula is C15H12BrN3O3S. The van der Waals surface area contributed by atoms with E-state index in [1.807, 2.05) is 12.1 Å². The number of hydrogen-bond acceptors (Lipinski definition) is 6. The molecule has 6 nitrogen and oxygen atoms in total. The van der Waals surface area contributed by atoms with E-state index >= 15 is 0 Å². The molecule has 2 heterocycles. The summed E-state index contributed by atoms with van der Waals surface area (Å²) in [6, 6.07) is 10.9. The maximum Gasteiger partial charge on any atom is 0.257 e. The van der Waals surface area contributed by atoms with Gasteiger partial charge < -0.3 is 14.5 Å². The molecule has 0 unspecified atom stereocenters. The first kappa shape index (κ1) is 15.7. The number of carbonyl (C=O) groups is 1. The van der Waals surface area contributed by atoms with Crippen LogP contribution in [0.1, 0.15) is 12.8 Å². The number of rotatable bonds is 5. The number of anilines is 1. The molecule has 1 amide bonds. The Bertz CT molecular complexity index is 813. The van der Waals surface area contributed by atoms with Gasteiger partial charge in [0.25, 0.3) is 11.8 Å². The minimum Gasteiger partial charge on any atom is -0.484 e. The summed E-state index contributed by atoms with van der Waals surface area (Å²) >= 11 is 4.92. The summed E-state index contributed by atoms with van der Waals surface area (Å²) in [5.74, 6) is 1.41. The molecule has 3 rings (SSSR count). The Morgan fingerprint density at radius 3 is 2.70 bits per heavy atom. The highest BCUT2D eigenvalue weighted by Crippen LogP contribution is 2.30. The zero-order valence-corrected chi connectivity index (χ0v) is 14.5. The Morgan fingerprint density at radius 2 is 2.04 bits per heavy atom. The number of carbonyl (C=O) groups excluding carboxylic acids is 1. The van der Waals surface area contributed by atoms with Gasteiger partial charge in [-0.1, -0.05) is 0 Å². The van der Waals surface area contributed by atoms with Crippen LogP contribution in [0.5, 0.6) is 5.75 Å². The van der Waals surface area contributed by atoms with Crippen molar-refractivity contribution in [1.82, 2.24) is 10.2 Å². The third-order valence-corrected chi connectivity index (χ3v) is 4.40. The molecule has 0 saturated heterocycles. The molecule has 3 aromatic rings. The van der Waals surface area contributed by atoms with Crippen LogP contribution in [0.2, 0.25) is 0 Å². The fraction of sp³-hybridized carbons (Fsp3) is 0.133. The van der Waals surface area contributed by atoms with Crippen molar-refractivity contribution in [2.75, 3.05) is 5.32 Å². The number of nitrogens with one attached hydrogen (secondary N) is 1. The molecule has 1 N–H and O–H groups in total. The third kappa shape index (κ3) is 4.17. The van der Waals surface area contributed by atoms with Gasteiger partial charge in [-0.2, -0.15) is 0 Å². The number of halogens is 1. The summed E-state index contributed by atoms with van der Waals surface area (Å²) in [4.78, 5) is 11.9. The van der Waals surface area contributed by atoms with E-state index in [1.54, 1.807) is 24.3 Å². The summed E-state index contributed by atoms with van der Waals surface area (Å²) in [5.41, 5.74) is 0.716. The van der Waals surface area contributed by atoms with Gasteiger partial charge in [0.1, 0.15) is 5.75 Å². The number of benzene rings is 1. The normalized spacial score (nSPS) is 10.5. The molecule has 0 fully saturated rings. The van der Waals surface area contributed by atoms with Crippen molar-refractivity contribution in [2.45, 2.75) is 13.5 Å². The molecule has 0 atom stereocenters. The highest BCUT2D eigenvalue weighted by molar-refractivity contribution is 9.11. The molecule has 0 aliphatic rings. The van der Waals surface area contributed by atoms with Gasteiger partial charge in [0.2, 0.25) is 5.91 Å². The van der Waals surface area contributed by atoms with Crippen molar-refractivity contribution in [1.29, 1.82) is 0 Å². The fourth-order valence-corrected chi connectivity index (χ4v) is 3.13. The van der Waals surface area contributed by atoms with Crippen molar-refractivity contribution in [3.63, 3.8) is 0 Å². The lowest BCUT2D eigenvalue weighted by molar-refractivity contribution is -0.114. The quantitative estimate of drug-likeness (QED) is 0.705. The highest BCUT2D eigenvalue weighted by Gasteiger charge is 2.11. The Kier molecular flexibility index (Phi) is 4.73. The minimum atomic E-state index is -0.114. The molecule has 0 radical (unpaired) electrons. The van der Waals surface area contributed by atoms with E-state index in [-0.39, 0.29) is 12.5 Å². The second-order valence-electron chi connectivity index (χ2n) is 4.60. The molecule has 0 bridgehead atoms. The van der Waals surface area contributed by atoms with Gasteiger partial charge in [-0.25, -0.2) is 0 Å². The number of hydrogen-bond donors (Lipinski definition) is 1. The molecule has 0 saturated carbocycles. The number of nitrogens with zero attached hydrogens (tertiary/aromatic N) is 2. The predicted octanol–water partition coefficient (Wildman–Crippen LogP) is 4.10. The molecule has 0 aliphatic carbocycles. The van der Waals surface area contributed by atoms with Gasteiger partial charge >= 0.3 is 0 Å². The Hall–Kier alpha value is -2.19. The average Bonchev–Trinajstić information content (AvgIpc) is 3.15. The number of aromatic nitrogens is 2. The van der Waals surface area contributed by atoms with Crippen molar-refractivity contribution in [3.8, 4) is 16.5 Å². The summed E-state index contributed by atoms with van der Waals surface area (Å²) in [6.07, 6.45) is 0. The van der Waals surface area contributed by atoms with Crippen molar-refractivity contribution in [2.24, 2.45) is 0 Å². The predicted molar refractivity (Wildman–Crippen MR) is 90.4 cm³/mol. The van der Waals surface area contributed by atoms with E-state index in [1.165, 1.54) is 18.3 Å². The van der Waals surface area contributed by atoms with Gasteiger partial charge in [-0.05, 0) is 52.3 Å². The van der Waals surface area contributed by atoms with E-state index < -0.39 is 0 Å². The lowest BCUT2D eigenvalue weighted by Crippen LogP contribution is -2.05. The molecule has 0 spiro atoms. The molecule has 0 aliphatic heterocycles. The van der Waals surface area contributed by atoms with Gasteiger partial charge in [0.05, 0.1) is 8.66 Å². The van der Waals surface area contributed by atoms with Crippen LogP contribution in [-0.4, -0.2) is 16.1 Å². The second-order valence-corrected chi connectivity index (χ2v) is 7.06. The van der Waals surface area contributed by atoms with Crippen LogP contribution < -0.4 is 10.1 Å². The van der Waals surface area contributed by atoms with Gasteiger partial charge in [0.15, 0.2) is 6.61 Å². The van der Waals surface area contributed by atoms with Crippen LogP contribution in [0, 0.1) is 0 Å². The maximum absolute atomic E-state index is 11.0. The average molecular weight is 394 g/mol. The Morgan fingerprint density at radius 1 is 1.26 bits per heavy atom. The van der Waals surface area contributed by atoms with Crippen LogP contribution in [0.25, 0.3) is 10.8 Å². The van der Waals surface area contributed by atoms with Gasteiger partial charge in [0, 0.05) is 12.6 Å². The Balaban J connectivity index is 1.60. The number of thiophene rings is 1. The van der Waals surface area contributed by atoms with Crippen molar-refractivity contribution >= 4 is 38.9 Å². The lowest BCUT2D eigenvalue weighted by atomic mass is 10.3. The summed E-state index contributed by atoms with van der Waals surface area (Å²) in [7, 11) is 0. The van der Waals surface area contributed by atoms with E-state index in [0.717, 1.165) is 8.66 Å². The van der Waals surface area contributed by atoms with Crippen molar-refractivity contribution < 1.29 is 13.9 Å². The third-order valence-electron chi connectivity index (χ3n) is 2.79. The summed E-state index contributed by atoms with van der Waals surface area (Å²) in [6.45, 7) is 1.64. The standard InChI is InChI=1S/C15H12BrN3O3S/c1-9(20)17-10-2-4-11(5-3-10)21-8-14-18-19-15(22-14)12-6-7-13(16)23-12/h2-7H,8H2,1H3,(H,17,20). The topological polar surface area (TPSA) is 77.2 Å². The molecule has 1 aromatic carbocycles. The molecule has 2 aromatic heterocycles. The summed E-state index contributed by atoms with van der Waals surface area (Å²) < 4.78 is 12.2. The van der Waals surface area contributed by atoms with Crippen LogP contribution >= 0.6 is 27.3 Å². The first-order valence-electron chi connectivity index (χ1n) is 6.69. The molecule has 118 valence electrons. The highest BCUT2D eigenvalue weighted by atomic mass is 79.9. The lowest BCUT2D eigenvalue weighted by Gasteiger charge is -2.05. The Labute approximate surface area is 144 Å². The monoisotopic (exact) mass is 393 g/mol. The van der Waals surface area contributed by atoms with E-state index in [2.05, 4.69) is 31.4 Å². The zero-order valence-electron chi connectivity index (χ0n) is 12.1. The minimum absolute atomic E-state index is 0.114. The van der Waals surface area contributed by atoms with E-state index in [4.69, 9.17) is 9.15 Å². The maximum atomic E-state index is 11.0. The summed E-state index contributed by atoms with van der Waals surface area (Å²) in [5, 5.41) is 10.7. The SMILES string of the molecule is CC(=O)Nc1ccc(OCc2nnc(-c3ccc(Br)s3)o2)cc1. The van der Waals surface area contributed by atoms with Gasteiger partial charge in [-0.15, -0.1) is 21.5 Å². The fourth-order valence-electron chi connectivity index (χ4n) is 1.82. The van der Waals surface area contributed by atoms with E-state index in [9.17, 15) is 4.79 Å². The molecule has 23 heavy (non-hydrogen) atoms. The van der Waals surface area contributed by atoms with Crippen LogP contribution in [0.3, 0.4) is 0 Å². The zero-order chi connectivity index (χ0) is 16.2. The van der Waals surface area contributed by atoms with Crippen LogP contribution in [0.15, 0.2) is 44.6 Å². The second kappa shape index (κ2) is 6.93. The molecule has 8 heteroatoms. The van der Waals surface area contributed by atoms with Crippen LogP contribution in [-0.2, 0) is 11.4 Å².